The van der Waals surface area contributed by atoms with Gasteiger partial charge in [0.1, 0.15) is 5.00 Å². The van der Waals surface area contributed by atoms with Gasteiger partial charge in [-0.1, -0.05) is 36.5 Å². The molecule has 1 aromatic carbocycles. The Kier molecular flexibility index (Phi) is 6.88. The maximum absolute atomic E-state index is 13.4. The molecule has 0 aliphatic heterocycles. The molecule has 2 aromatic heterocycles. The van der Waals surface area contributed by atoms with Crippen molar-refractivity contribution in [3.05, 3.63) is 62.2 Å². The van der Waals surface area contributed by atoms with Crippen molar-refractivity contribution < 1.29 is 9.59 Å². The molecule has 2 amide bonds. The Morgan fingerprint density at radius 3 is 2.69 bits per heavy atom. The number of benzene rings is 1. The highest BCUT2D eigenvalue weighted by molar-refractivity contribution is 7.17. The maximum atomic E-state index is 13.4. The number of halogens is 2. The number of aromatic nitrogens is 2. The first-order valence-corrected chi connectivity index (χ1v) is 12.2. The Morgan fingerprint density at radius 2 is 2.00 bits per heavy atom. The van der Waals surface area contributed by atoms with Crippen molar-refractivity contribution >= 4 is 57.0 Å². The van der Waals surface area contributed by atoms with Crippen LogP contribution in [-0.2, 0) is 19.4 Å². The van der Waals surface area contributed by atoms with E-state index in [2.05, 4.69) is 22.7 Å². The summed E-state index contributed by atoms with van der Waals surface area (Å²) in [5, 5.41) is 11.5. The molecule has 4 rings (SSSR count). The highest BCUT2D eigenvalue weighted by Gasteiger charge is 2.30. The quantitative estimate of drug-likeness (QED) is 0.426. The molecule has 0 radical (unpaired) electrons. The Labute approximate surface area is 200 Å². The lowest BCUT2D eigenvalue weighted by atomic mass is 9.85. The van der Waals surface area contributed by atoms with Crippen LogP contribution >= 0.6 is 34.5 Å². The minimum absolute atomic E-state index is 0.295. The topological polar surface area (TPSA) is 76.0 Å². The molecule has 2 heterocycles. The van der Waals surface area contributed by atoms with E-state index in [1.165, 1.54) is 11.3 Å². The van der Waals surface area contributed by atoms with Gasteiger partial charge in [-0.25, -0.2) is 0 Å². The zero-order chi connectivity index (χ0) is 22.8. The van der Waals surface area contributed by atoms with Crippen LogP contribution < -0.4 is 10.6 Å². The fourth-order valence-electron chi connectivity index (χ4n) is 3.93. The molecule has 1 atom stereocenters. The molecule has 9 heteroatoms. The van der Waals surface area contributed by atoms with Crippen LogP contribution in [0.25, 0.3) is 0 Å². The van der Waals surface area contributed by atoms with E-state index >= 15 is 0 Å². The normalized spacial score (nSPS) is 15.3. The molecule has 0 bridgehead atoms. The third kappa shape index (κ3) is 4.70. The fraction of sp³-hybridized carbons (Fsp3) is 0.348. The molecule has 1 aliphatic rings. The third-order valence-electron chi connectivity index (χ3n) is 5.78. The number of carbonyl (C=O) groups excluding carboxylic acids is 2. The van der Waals surface area contributed by atoms with Crippen molar-refractivity contribution in [3.8, 4) is 0 Å². The number of hydrogen-bond acceptors (Lipinski definition) is 4. The molecule has 0 spiro atoms. The second-order valence-corrected chi connectivity index (χ2v) is 9.76. The summed E-state index contributed by atoms with van der Waals surface area (Å²) in [5.41, 5.74) is 2.31. The largest absolute Gasteiger partial charge is 0.321 e. The number of nitrogens with zero attached hydrogens (tertiary/aromatic N) is 2. The lowest BCUT2D eigenvalue weighted by Gasteiger charge is -2.21. The lowest BCUT2D eigenvalue weighted by Crippen LogP contribution is -2.20. The first-order chi connectivity index (χ1) is 15.4. The zero-order valence-electron chi connectivity index (χ0n) is 17.9. The van der Waals surface area contributed by atoms with E-state index in [4.69, 9.17) is 23.2 Å². The first-order valence-electron chi connectivity index (χ1n) is 10.6. The van der Waals surface area contributed by atoms with Crippen molar-refractivity contribution in [2.24, 2.45) is 5.92 Å². The van der Waals surface area contributed by atoms with Crippen molar-refractivity contribution in [2.45, 2.75) is 46.1 Å². The Bertz CT molecular complexity index is 1170. The minimum Gasteiger partial charge on any atom is -0.321 e. The first kappa shape index (κ1) is 22.8. The van der Waals surface area contributed by atoms with Gasteiger partial charge < -0.3 is 10.6 Å². The van der Waals surface area contributed by atoms with E-state index in [-0.39, 0.29) is 11.8 Å². The van der Waals surface area contributed by atoms with Gasteiger partial charge >= 0.3 is 0 Å². The van der Waals surface area contributed by atoms with E-state index in [9.17, 15) is 9.59 Å². The highest BCUT2D eigenvalue weighted by Crippen LogP contribution is 2.41. The van der Waals surface area contributed by atoms with E-state index in [0.29, 0.717) is 44.5 Å². The van der Waals surface area contributed by atoms with Crippen LogP contribution in [0.4, 0.5) is 10.7 Å². The number of fused-ring (bicyclic) bond motifs is 1. The summed E-state index contributed by atoms with van der Waals surface area (Å²) in [7, 11) is 0. The van der Waals surface area contributed by atoms with Crippen LogP contribution in [0, 0.1) is 5.92 Å². The van der Waals surface area contributed by atoms with E-state index in [1.807, 2.05) is 6.92 Å². The monoisotopic (exact) mass is 490 g/mol. The average molecular weight is 491 g/mol. The van der Waals surface area contributed by atoms with Gasteiger partial charge in [-0.05, 0) is 61.9 Å². The predicted octanol–water partition coefficient (Wildman–Crippen LogP) is 6.29. The summed E-state index contributed by atoms with van der Waals surface area (Å²) in [4.78, 5) is 27.4. The average Bonchev–Trinajstić information content (AvgIpc) is 3.39. The third-order valence-corrected chi connectivity index (χ3v) is 7.49. The number of rotatable bonds is 6. The van der Waals surface area contributed by atoms with Crippen LogP contribution in [0.3, 0.4) is 0 Å². The van der Waals surface area contributed by atoms with Gasteiger partial charge in [-0.3, -0.25) is 14.3 Å². The Balaban J connectivity index is 1.66. The number of aryl methyl sites for hydroxylation is 1. The molecule has 6 nitrogen and oxygen atoms in total. The minimum atomic E-state index is -0.332. The molecule has 2 N–H and O–H groups in total. The van der Waals surface area contributed by atoms with Crippen molar-refractivity contribution in [3.63, 3.8) is 0 Å². The number of amides is 2. The summed E-state index contributed by atoms with van der Waals surface area (Å²) in [6, 6.07) is 6.60. The number of carbonyl (C=O) groups is 2. The van der Waals surface area contributed by atoms with Crippen LogP contribution in [0.15, 0.2) is 30.5 Å². The SMILES string of the molecule is CC[C@H]1CCc2c(sc(NC(=O)c3ccn(CC)n3)c2C(=O)Nc2ccc(Cl)cc2Cl)C1. The van der Waals surface area contributed by atoms with Gasteiger partial charge in [0.2, 0.25) is 0 Å². The molecular formula is C23H24Cl2N4O2S. The van der Waals surface area contributed by atoms with Crippen molar-refractivity contribution in [2.75, 3.05) is 10.6 Å². The van der Waals surface area contributed by atoms with Crippen LogP contribution in [0.1, 0.15) is 58.0 Å². The molecular weight excluding hydrogens is 467 g/mol. The van der Waals surface area contributed by atoms with E-state index in [0.717, 1.165) is 36.1 Å². The molecule has 0 unspecified atom stereocenters. The Hall–Kier alpha value is -2.35. The molecule has 0 saturated heterocycles. The number of anilines is 2. The maximum Gasteiger partial charge on any atom is 0.276 e. The highest BCUT2D eigenvalue weighted by atomic mass is 35.5. The summed E-state index contributed by atoms with van der Waals surface area (Å²) in [5.74, 6) is -0.0379. The summed E-state index contributed by atoms with van der Waals surface area (Å²) < 4.78 is 1.69. The smallest absolute Gasteiger partial charge is 0.276 e. The molecule has 0 saturated carbocycles. The van der Waals surface area contributed by atoms with Gasteiger partial charge in [0.05, 0.1) is 16.3 Å². The Morgan fingerprint density at radius 1 is 1.19 bits per heavy atom. The molecule has 1 aliphatic carbocycles. The van der Waals surface area contributed by atoms with Gasteiger partial charge in [0.25, 0.3) is 11.8 Å². The molecule has 3 aromatic rings. The number of nitrogens with one attached hydrogen (secondary N) is 2. The molecule has 0 fully saturated rings. The van der Waals surface area contributed by atoms with Gasteiger partial charge in [0.15, 0.2) is 5.69 Å². The van der Waals surface area contributed by atoms with Crippen LogP contribution in [0.2, 0.25) is 10.0 Å². The lowest BCUT2D eigenvalue weighted by molar-refractivity contribution is 0.102. The standard InChI is InChI=1S/C23H24Cl2N4O2S/c1-3-13-5-7-15-19(11-13)32-23(27-21(30)18-9-10-29(4-2)28-18)20(15)22(31)26-17-8-6-14(24)12-16(17)25/h6,8-10,12-13H,3-5,7,11H2,1-2H3,(H,26,31)(H,27,30)/t13-/m0/s1. The zero-order valence-corrected chi connectivity index (χ0v) is 20.2. The van der Waals surface area contributed by atoms with Gasteiger partial charge in [-0.2, -0.15) is 5.10 Å². The van der Waals surface area contributed by atoms with E-state index < -0.39 is 0 Å². The fourth-order valence-corrected chi connectivity index (χ4v) is 5.74. The second kappa shape index (κ2) is 9.65. The van der Waals surface area contributed by atoms with Crippen molar-refractivity contribution in [1.82, 2.24) is 9.78 Å². The summed E-state index contributed by atoms with van der Waals surface area (Å²) in [6.45, 7) is 4.82. The number of thiophene rings is 1. The van der Waals surface area contributed by atoms with Crippen LogP contribution in [0.5, 0.6) is 0 Å². The molecule has 32 heavy (non-hydrogen) atoms. The van der Waals surface area contributed by atoms with Gasteiger partial charge in [-0.15, -0.1) is 11.3 Å². The predicted molar refractivity (Wildman–Crippen MR) is 130 cm³/mol. The van der Waals surface area contributed by atoms with Crippen molar-refractivity contribution in [1.29, 1.82) is 0 Å². The van der Waals surface area contributed by atoms with Gasteiger partial charge in [0, 0.05) is 22.6 Å². The number of hydrogen-bond donors (Lipinski definition) is 2. The summed E-state index contributed by atoms with van der Waals surface area (Å²) in [6.07, 6.45) is 5.60. The molecule has 168 valence electrons. The van der Waals surface area contributed by atoms with Crippen LogP contribution in [-0.4, -0.2) is 21.6 Å². The second-order valence-electron chi connectivity index (χ2n) is 7.81. The summed E-state index contributed by atoms with van der Waals surface area (Å²) >= 11 is 13.7. The van der Waals surface area contributed by atoms with E-state index in [1.54, 1.807) is 35.1 Å².